The molecule has 0 spiro atoms. The van der Waals surface area contributed by atoms with Gasteiger partial charge in [-0.25, -0.2) is 15.0 Å². The molecule has 3 rings (SSSR count). The van der Waals surface area contributed by atoms with Gasteiger partial charge < -0.3 is 9.67 Å². The van der Waals surface area contributed by atoms with E-state index in [9.17, 15) is 5.11 Å². The van der Waals surface area contributed by atoms with Crippen LogP contribution in [0.3, 0.4) is 0 Å². The van der Waals surface area contributed by atoms with Gasteiger partial charge in [-0.15, -0.1) is 0 Å². The predicted octanol–water partition coefficient (Wildman–Crippen LogP) is 2.10. The summed E-state index contributed by atoms with van der Waals surface area (Å²) < 4.78 is 1.96. The SMILES string of the molecule is CC(C)(O)c1ncnc2c1ncn2Cc1ccccc1. The van der Waals surface area contributed by atoms with E-state index in [1.807, 2.05) is 22.8 Å². The third-order valence-corrected chi connectivity index (χ3v) is 3.18. The van der Waals surface area contributed by atoms with Crippen molar-refractivity contribution in [3.8, 4) is 0 Å². The normalized spacial score (nSPS) is 11.9. The Morgan fingerprint density at radius 1 is 1.10 bits per heavy atom. The van der Waals surface area contributed by atoms with Gasteiger partial charge in [0, 0.05) is 0 Å². The van der Waals surface area contributed by atoms with E-state index in [1.165, 1.54) is 11.9 Å². The van der Waals surface area contributed by atoms with Crippen molar-refractivity contribution in [2.24, 2.45) is 0 Å². The zero-order chi connectivity index (χ0) is 14.2. The number of aliphatic hydroxyl groups is 1. The van der Waals surface area contributed by atoms with Crippen molar-refractivity contribution in [2.45, 2.75) is 26.0 Å². The van der Waals surface area contributed by atoms with Crippen molar-refractivity contribution < 1.29 is 5.11 Å². The maximum atomic E-state index is 10.1. The fourth-order valence-electron chi connectivity index (χ4n) is 2.22. The summed E-state index contributed by atoms with van der Waals surface area (Å²) in [5, 5.41) is 10.1. The fraction of sp³-hybridized carbons (Fsp3) is 0.267. The van der Waals surface area contributed by atoms with Gasteiger partial charge in [0.1, 0.15) is 23.1 Å². The third-order valence-electron chi connectivity index (χ3n) is 3.18. The van der Waals surface area contributed by atoms with Gasteiger partial charge >= 0.3 is 0 Å². The van der Waals surface area contributed by atoms with E-state index in [1.54, 1.807) is 20.2 Å². The molecule has 5 heteroatoms. The molecule has 0 amide bonds. The lowest BCUT2D eigenvalue weighted by Gasteiger charge is -2.16. The maximum Gasteiger partial charge on any atom is 0.163 e. The summed E-state index contributed by atoms with van der Waals surface area (Å²) in [6.07, 6.45) is 3.21. The molecule has 5 nitrogen and oxygen atoms in total. The number of hydrogen-bond acceptors (Lipinski definition) is 4. The van der Waals surface area contributed by atoms with Crippen LogP contribution >= 0.6 is 0 Å². The molecular weight excluding hydrogens is 252 g/mol. The maximum absolute atomic E-state index is 10.1. The van der Waals surface area contributed by atoms with E-state index in [0.717, 1.165) is 5.65 Å². The summed E-state index contributed by atoms with van der Waals surface area (Å²) in [7, 11) is 0. The first-order valence-electron chi connectivity index (χ1n) is 6.48. The van der Waals surface area contributed by atoms with Crippen molar-refractivity contribution >= 4 is 11.2 Å². The highest BCUT2D eigenvalue weighted by molar-refractivity contribution is 5.74. The van der Waals surface area contributed by atoms with Crippen LogP contribution in [0.15, 0.2) is 43.0 Å². The predicted molar refractivity (Wildman–Crippen MR) is 76.1 cm³/mol. The highest BCUT2D eigenvalue weighted by Crippen LogP contribution is 2.24. The zero-order valence-corrected chi connectivity index (χ0v) is 11.5. The van der Waals surface area contributed by atoms with Crippen LogP contribution in [0.5, 0.6) is 0 Å². The van der Waals surface area contributed by atoms with Crippen molar-refractivity contribution in [3.05, 3.63) is 54.2 Å². The third kappa shape index (κ3) is 2.28. The number of hydrogen-bond donors (Lipinski definition) is 1. The Balaban J connectivity index is 2.07. The molecule has 0 aliphatic heterocycles. The molecule has 0 saturated heterocycles. The Morgan fingerprint density at radius 2 is 1.85 bits per heavy atom. The molecule has 0 fully saturated rings. The summed E-state index contributed by atoms with van der Waals surface area (Å²) in [5.41, 5.74) is 2.08. The largest absolute Gasteiger partial charge is 0.384 e. The highest BCUT2D eigenvalue weighted by Gasteiger charge is 2.23. The Bertz CT molecular complexity index is 728. The molecule has 0 atom stereocenters. The molecule has 102 valence electrons. The molecule has 0 aliphatic carbocycles. The molecule has 20 heavy (non-hydrogen) atoms. The molecule has 0 unspecified atom stereocenters. The number of imidazole rings is 1. The van der Waals surface area contributed by atoms with Gasteiger partial charge in [-0.2, -0.15) is 0 Å². The monoisotopic (exact) mass is 268 g/mol. The van der Waals surface area contributed by atoms with Crippen molar-refractivity contribution in [1.82, 2.24) is 19.5 Å². The second-order valence-electron chi connectivity index (χ2n) is 5.31. The molecule has 0 saturated carbocycles. The van der Waals surface area contributed by atoms with Crippen LogP contribution in [0.1, 0.15) is 25.1 Å². The lowest BCUT2D eigenvalue weighted by molar-refractivity contribution is 0.0753. The first-order chi connectivity index (χ1) is 9.55. The van der Waals surface area contributed by atoms with Gasteiger partial charge in [0.2, 0.25) is 0 Å². The van der Waals surface area contributed by atoms with Gasteiger partial charge in [0.25, 0.3) is 0 Å². The summed E-state index contributed by atoms with van der Waals surface area (Å²) in [4.78, 5) is 12.8. The van der Waals surface area contributed by atoms with Crippen LogP contribution < -0.4 is 0 Å². The fourth-order valence-corrected chi connectivity index (χ4v) is 2.22. The summed E-state index contributed by atoms with van der Waals surface area (Å²) >= 11 is 0. The van der Waals surface area contributed by atoms with Gasteiger partial charge in [-0.05, 0) is 19.4 Å². The van der Waals surface area contributed by atoms with Crippen LogP contribution in [0.2, 0.25) is 0 Å². The minimum Gasteiger partial charge on any atom is -0.384 e. The Kier molecular flexibility index (Phi) is 2.99. The highest BCUT2D eigenvalue weighted by atomic mass is 16.3. The summed E-state index contributed by atoms with van der Waals surface area (Å²) in [5.74, 6) is 0. The van der Waals surface area contributed by atoms with E-state index in [-0.39, 0.29) is 0 Å². The van der Waals surface area contributed by atoms with Crippen LogP contribution in [0, 0.1) is 0 Å². The lowest BCUT2D eigenvalue weighted by atomic mass is 10.0. The molecule has 0 aliphatic rings. The molecule has 1 aromatic carbocycles. The average Bonchev–Trinajstić information content (AvgIpc) is 2.82. The number of aromatic nitrogens is 4. The van der Waals surface area contributed by atoms with Crippen molar-refractivity contribution in [2.75, 3.05) is 0 Å². The molecule has 2 aromatic heterocycles. The minimum absolute atomic E-state index is 0.550. The van der Waals surface area contributed by atoms with E-state index in [0.29, 0.717) is 17.8 Å². The quantitative estimate of drug-likeness (QED) is 0.790. The molecule has 1 N–H and O–H groups in total. The van der Waals surface area contributed by atoms with Crippen LogP contribution in [0.25, 0.3) is 11.2 Å². The van der Waals surface area contributed by atoms with Gasteiger partial charge in [-0.3, -0.25) is 0 Å². The molecule has 2 heterocycles. The summed E-state index contributed by atoms with van der Waals surface area (Å²) in [6, 6.07) is 10.1. The first-order valence-corrected chi connectivity index (χ1v) is 6.48. The molecule has 3 aromatic rings. The van der Waals surface area contributed by atoms with Crippen LogP contribution in [-0.2, 0) is 12.1 Å². The van der Waals surface area contributed by atoms with E-state index in [2.05, 4.69) is 27.1 Å². The number of rotatable bonds is 3. The summed E-state index contributed by atoms with van der Waals surface area (Å²) in [6.45, 7) is 4.09. The van der Waals surface area contributed by atoms with E-state index < -0.39 is 5.60 Å². The number of fused-ring (bicyclic) bond motifs is 1. The topological polar surface area (TPSA) is 63.8 Å². The second-order valence-corrected chi connectivity index (χ2v) is 5.31. The van der Waals surface area contributed by atoms with E-state index in [4.69, 9.17) is 0 Å². The van der Waals surface area contributed by atoms with Crippen LogP contribution in [-0.4, -0.2) is 24.6 Å². The molecule has 0 radical (unpaired) electrons. The van der Waals surface area contributed by atoms with Gasteiger partial charge in [0.15, 0.2) is 5.65 Å². The molecular formula is C15H16N4O. The first kappa shape index (κ1) is 12.7. The lowest BCUT2D eigenvalue weighted by Crippen LogP contribution is -2.18. The van der Waals surface area contributed by atoms with E-state index >= 15 is 0 Å². The average molecular weight is 268 g/mol. The Hall–Kier alpha value is -2.27. The smallest absolute Gasteiger partial charge is 0.163 e. The zero-order valence-electron chi connectivity index (χ0n) is 11.5. The Labute approximate surface area is 117 Å². The second kappa shape index (κ2) is 4.68. The molecule has 0 bridgehead atoms. The van der Waals surface area contributed by atoms with Gasteiger partial charge in [0.05, 0.1) is 12.9 Å². The number of nitrogens with zero attached hydrogens (tertiary/aromatic N) is 4. The van der Waals surface area contributed by atoms with Crippen LogP contribution in [0.4, 0.5) is 0 Å². The number of benzene rings is 1. The standard InChI is InChI=1S/C15H16N4O/c1-15(2,20)13-12-14(17-9-16-13)19(10-18-12)8-11-6-4-3-5-7-11/h3-7,9-10,20H,8H2,1-2H3. The minimum atomic E-state index is -1.03. The van der Waals surface area contributed by atoms with Gasteiger partial charge in [-0.1, -0.05) is 30.3 Å². The Morgan fingerprint density at radius 3 is 2.55 bits per heavy atom. The van der Waals surface area contributed by atoms with Crippen molar-refractivity contribution in [3.63, 3.8) is 0 Å². The van der Waals surface area contributed by atoms with Crippen molar-refractivity contribution in [1.29, 1.82) is 0 Å².